The van der Waals surface area contributed by atoms with Gasteiger partial charge >= 0.3 is 0 Å². The minimum atomic E-state index is 0.522. The second-order valence-electron chi connectivity index (χ2n) is 6.23. The molecule has 0 aliphatic heterocycles. The first-order valence-electron chi connectivity index (χ1n) is 7.95. The Morgan fingerprint density at radius 2 is 1.86 bits per heavy atom. The van der Waals surface area contributed by atoms with Crippen LogP contribution in [-0.2, 0) is 13.0 Å². The van der Waals surface area contributed by atoms with Gasteiger partial charge in [0.05, 0.1) is 18.4 Å². The molecule has 1 atom stereocenters. The Bertz CT molecular complexity index is 540. The average Bonchev–Trinajstić information content (AvgIpc) is 2.94. The number of aromatic nitrogens is 2. The van der Waals surface area contributed by atoms with E-state index >= 15 is 0 Å². The van der Waals surface area contributed by atoms with E-state index in [0.29, 0.717) is 12.0 Å². The molecule has 0 aliphatic carbocycles. The fourth-order valence-electron chi connectivity index (χ4n) is 2.31. The Morgan fingerprint density at radius 1 is 1.14 bits per heavy atom. The lowest BCUT2D eigenvalue weighted by molar-refractivity contribution is 0.525. The lowest BCUT2D eigenvalue weighted by atomic mass is 10.0. The van der Waals surface area contributed by atoms with Crippen LogP contribution in [0.4, 0.5) is 0 Å². The fourth-order valence-corrected chi connectivity index (χ4v) is 2.31. The van der Waals surface area contributed by atoms with E-state index in [1.807, 2.05) is 6.20 Å². The maximum absolute atomic E-state index is 4.45. The molecule has 2 N–H and O–H groups in total. The molecule has 21 heavy (non-hydrogen) atoms. The summed E-state index contributed by atoms with van der Waals surface area (Å²) in [6.07, 6.45) is 4.18. The Morgan fingerprint density at radius 3 is 2.48 bits per heavy atom. The third kappa shape index (κ3) is 4.71. The smallest absolute Gasteiger partial charge is 0.120 e. The molecule has 1 heterocycles. The molecule has 3 nitrogen and oxygen atoms in total. The minimum Gasteiger partial charge on any atom is -0.341 e. The van der Waals surface area contributed by atoms with Crippen LogP contribution in [-0.4, -0.2) is 16.0 Å². The number of H-pyrrole nitrogens is 1. The van der Waals surface area contributed by atoms with Crippen molar-refractivity contribution in [2.24, 2.45) is 5.92 Å². The molecule has 0 saturated carbocycles. The second kappa shape index (κ2) is 7.41. The Balaban J connectivity index is 2.00. The lowest BCUT2D eigenvalue weighted by Gasteiger charge is -2.09. The van der Waals surface area contributed by atoms with Gasteiger partial charge in [-0.25, -0.2) is 4.98 Å². The van der Waals surface area contributed by atoms with Crippen LogP contribution in [0.5, 0.6) is 0 Å². The molecule has 1 unspecified atom stereocenters. The van der Waals surface area contributed by atoms with Crippen LogP contribution in [0.2, 0.25) is 0 Å². The van der Waals surface area contributed by atoms with Crippen LogP contribution in [0, 0.1) is 5.92 Å². The molecule has 0 bridgehead atoms. The van der Waals surface area contributed by atoms with Crippen LogP contribution in [0.25, 0.3) is 11.3 Å². The Hall–Kier alpha value is -1.61. The van der Waals surface area contributed by atoms with E-state index in [9.17, 15) is 0 Å². The van der Waals surface area contributed by atoms with E-state index in [1.54, 1.807) is 0 Å². The van der Waals surface area contributed by atoms with Crippen molar-refractivity contribution in [3.05, 3.63) is 41.9 Å². The summed E-state index contributed by atoms with van der Waals surface area (Å²) in [5.41, 5.74) is 3.68. The molecule has 0 fully saturated rings. The van der Waals surface area contributed by atoms with Gasteiger partial charge in [0, 0.05) is 6.04 Å². The predicted molar refractivity (Wildman–Crippen MR) is 89.2 cm³/mol. The van der Waals surface area contributed by atoms with Crippen molar-refractivity contribution >= 4 is 0 Å². The molecule has 2 rings (SSSR count). The standard InChI is InChI=1S/C18H27N3/c1-5-14(4)19-12-18-20-11-17(21-18)16-8-6-15(7-9-16)10-13(2)3/h6-9,11,13-14,19H,5,10,12H2,1-4H3,(H,20,21). The summed E-state index contributed by atoms with van der Waals surface area (Å²) in [4.78, 5) is 7.85. The van der Waals surface area contributed by atoms with Crippen LogP contribution >= 0.6 is 0 Å². The van der Waals surface area contributed by atoms with Crippen molar-refractivity contribution in [3.63, 3.8) is 0 Å². The molecule has 1 aromatic carbocycles. The van der Waals surface area contributed by atoms with Gasteiger partial charge in [-0.1, -0.05) is 45.0 Å². The molecule has 114 valence electrons. The third-order valence-electron chi connectivity index (χ3n) is 3.77. The predicted octanol–water partition coefficient (Wildman–Crippen LogP) is 4.16. The van der Waals surface area contributed by atoms with Crippen molar-refractivity contribution in [1.82, 2.24) is 15.3 Å². The van der Waals surface area contributed by atoms with Crippen molar-refractivity contribution in [2.45, 2.75) is 53.1 Å². The maximum atomic E-state index is 4.45. The summed E-state index contributed by atoms with van der Waals surface area (Å²) in [7, 11) is 0. The van der Waals surface area contributed by atoms with E-state index in [1.165, 1.54) is 11.1 Å². The van der Waals surface area contributed by atoms with Gasteiger partial charge in [-0.05, 0) is 36.8 Å². The van der Waals surface area contributed by atoms with E-state index < -0.39 is 0 Å². The van der Waals surface area contributed by atoms with Gasteiger partial charge in [0.1, 0.15) is 5.82 Å². The molecule has 1 aromatic heterocycles. The molecular weight excluding hydrogens is 258 g/mol. The summed E-state index contributed by atoms with van der Waals surface area (Å²) < 4.78 is 0. The van der Waals surface area contributed by atoms with Crippen LogP contribution in [0.1, 0.15) is 45.5 Å². The van der Waals surface area contributed by atoms with Gasteiger partial charge < -0.3 is 10.3 Å². The van der Waals surface area contributed by atoms with Gasteiger partial charge in [-0.2, -0.15) is 0 Å². The molecule has 3 heteroatoms. The zero-order valence-corrected chi connectivity index (χ0v) is 13.6. The highest BCUT2D eigenvalue weighted by Crippen LogP contribution is 2.19. The van der Waals surface area contributed by atoms with Crippen molar-refractivity contribution < 1.29 is 0 Å². The van der Waals surface area contributed by atoms with E-state index in [-0.39, 0.29) is 0 Å². The van der Waals surface area contributed by atoms with Crippen molar-refractivity contribution in [1.29, 1.82) is 0 Å². The highest BCUT2D eigenvalue weighted by Gasteiger charge is 2.05. The number of rotatable bonds is 7. The first-order chi connectivity index (χ1) is 10.1. The van der Waals surface area contributed by atoms with Crippen LogP contribution in [0.15, 0.2) is 30.5 Å². The molecule has 0 spiro atoms. The number of nitrogens with zero attached hydrogens (tertiary/aromatic N) is 1. The minimum absolute atomic E-state index is 0.522. The molecule has 2 aromatic rings. The van der Waals surface area contributed by atoms with Gasteiger partial charge in [0.2, 0.25) is 0 Å². The quantitative estimate of drug-likeness (QED) is 0.802. The highest BCUT2D eigenvalue weighted by molar-refractivity contribution is 5.58. The fraction of sp³-hybridized carbons (Fsp3) is 0.500. The number of aromatic amines is 1. The topological polar surface area (TPSA) is 40.7 Å². The van der Waals surface area contributed by atoms with Crippen LogP contribution < -0.4 is 5.32 Å². The summed E-state index contributed by atoms with van der Waals surface area (Å²) in [6.45, 7) is 9.67. The number of hydrogen-bond acceptors (Lipinski definition) is 2. The van der Waals surface area contributed by atoms with Gasteiger partial charge in [-0.15, -0.1) is 0 Å². The Kier molecular flexibility index (Phi) is 5.57. The molecule has 0 amide bonds. The Labute approximate surface area is 128 Å². The van der Waals surface area contributed by atoms with Gasteiger partial charge in [0.25, 0.3) is 0 Å². The highest BCUT2D eigenvalue weighted by atomic mass is 15.0. The number of benzene rings is 1. The number of imidazole rings is 1. The molecule has 0 radical (unpaired) electrons. The van der Waals surface area contributed by atoms with Gasteiger partial charge in [0.15, 0.2) is 0 Å². The number of hydrogen-bond donors (Lipinski definition) is 2. The normalized spacial score (nSPS) is 12.8. The maximum Gasteiger partial charge on any atom is 0.120 e. The second-order valence-corrected chi connectivity index (χ2v) is 6.23. The monoisotopic (exact) mass is 285 g/mol. The largest absolute Gasteiger partial charge is 0.341 e. The van der Waals surface area contributed by atoms with Crippen molar-refractivity contribution in [3.8, 4) is 11.3 Å². The summed E-state index contributed by atoms with van der Waals surface area (Å²) >= 11 is 0. The SMILES string of the molecule is CCC(C)NCc1ncc(-c2ccc(CC(C)C)cc2)[nH]1. The zero-order chi connectivity index (χ0) is 15.2. The molecule has 0 aliphatic rings. The van der Waals surface area contributed by atoms with E-state index in [0.717, 1.165) is 30.9 Å². The first kappa shape index (κ1) is 15.8. The molecular formula is C18H27N3. The first-order valence-corrected chi connectivity index (χ1v) is 7.95. The molecule has 0 saturated heterocycles. The van der Waals surface area contributed by atoms with E-state index in [2.05, 4.69) is 67.2 Å². The van der Waals surface area contributed by atoms with E-state index in [4.69, 9.17) is 0 Å². The third-order valence-corrected chi connectivity index (χ3v) is 3.77. The summed E-state index contributed by atoms with van der Waals surface area (Å²) in [5.74, 6) is 1.69. The zero-order valence-electron chi connectivity index (χ0n) is 13.6. The number of nitrogens with one attached hydrogen (secondary N) is 2. The summed E-state index contributed by atoms with van der Waals surface area (Å²) in [6, 6.07) is 9.31. The average molecular weight is 285 g/mol. The van der Waals surface area contributed by atoms with Crippen molar-refractivity contribution in [2.75, 3.05) is 0 Å². The van der Waals surface area contributed by atoms with Gasteiger partial charge in [-0.3, -0.25) is 0 Å². The lowest BCUT2D eigenvalue weighted by Crippen LogP contribution is -2.24. The van der Waals surface area contributed by atoms with Crippen LogP contribution in [0.3, 0.4) is 0 Å². The summed E-state index contributed by atoms with van der Waals surface area (Å²) in [5, 5.41) is 3.45.